The number of hydrogen-bond acceptors (Lipinski definition) is 2. The zero-order valence-electron chi connectivity index (χ0n) is 18.4. The van der Waals surface area contributed by atoms with Crippen molar-refractivity contribution in [2.24, 2.45) is 7.05 Å². The summed E-state index contributed by atoms with van der Waals surface area (Å²) in [5, 5.41) is 3.54. The van der Waals surface area contributed by atoms with Crippen molar-refractivity contribution in [2.45, 2.75) is 40.5 Å². The summed E-state index contributed by atoms with van der Waals surface area (Å²) in [4.78, 5) is 16.7. The van der Waals surface area contributed by atoms with Gasteiger partial charge in [-0.1, -0.05) is 51.4 Å². The van der Waals surface area contributed by atoms with Crippen LogP contribution in [0.2, 0.25) is 5.02 Å². The molecule has 1 aromatic heterocycles. The lowest BCUT2D eigenvalue weighted by Crippen LogP contribution is -2.27. The SMILES string of the molecule is CC.CC.Cn1cc(CC(=O)NCCc2ccc(F)cc2)nc1-c1ccc(Cl)cc1. The van der Waals surface area contributed by atoms with Gasteiger partial charge in [0.1, 0.15) is 11.6 Å². The molecule has 6 heteroatoms. The van der Waals surface area contributed by atoms with Crippen LogP contribution in [0.3, 0.4) is 0 Å². The third-order valence-electron chi connectivity index (χ3n) is 4.02. The van der Waals surface area contributed by atoms with Gasteiger partial charge in [-0.2, -0.15) is 0 Å². The molecule has 3 rings (SSSR count). The summed E-state index contributed by atoms with van der Waals surface area (Å²) in [7, 11) is 1.90. The molecule has 0 saturated heterocycles. The molecule has 0 bridgehead atoms. The molecule has 0 aliphatic rings. The number of amides is 1. The number of hydrogen-bond donors (Lipinski definition) is 1. The van der Waals surface area contributed by atoms with Crippen LogP contribution in [0.25, 0.3) is 11.4 Å². The number of nitrogens with zero attached hydrogens (tertiary/aromatic N) is 2. The van der Waals surface area contributed by atoms with Gasteiger partial charge in [-0.25, -0.2) is 9.37 Å². The van der Waals surface area contributed by atoms with Crippen molar-refractivity contribution in [3.8, 4) is 11.4 Å². The van der Waals surface area contributed by atoms with E-state index in [0.717, 1.165) is 17.0 Å². The van der Waals surface area contributed by atoms with Crippen LogP contribution in [-0.2, 0) is 24.7 Å². The largest absolute Gasteiger partial charge is 0.355 e. The van der Waals surface area contributed by atoms with Gasteiger partial charge in [-0.3, -0.25) is 4.79 Å². The van der Waals surface area contributed by atoms with Gasteiger partial charge in [0.25, 0.3) is 0 Å². The lowest BCUT2D eigenvalue weighted by atomic mass is 10.1. The number of aryl methyl sites for hydroxylation is 1. The quantitative estimate of drug-likeness (QED) is 0.533. The van der Waals surface area contributed by atoms with E-state index in [2.05, 4.69) is 10.3 Å². The minimum Gasteiger partial charge on any atom is -0.355 e. The van der Waals surface area contributed by atoms with E-state index in [0.29, 0.717) is 23.7 Å². The molecule has 2 aromatic carbocycles. The van der Waals surface area contributed by atoms with Crippen molar-refractivity contribution in [3.63, 3.8) is 0 Å². The molecule has 0 spiro atoms. The van der Waals surface area contributed by atoms with E-state index in [1.807, 2.05) is 69.8 Å². The molecule has 0 radical (unpaired) electrons. The van der Waals surface area contributed by atoms with Crippen LogP contribution in [0.4, 0.5) is 4.39 Å². The normalized spacial score (nSPS) is 9.70. The number of benzene rings is 2. The molecular formula is C24H31ClFN3O. The van der Waals surface area contributed by atoms with E-state index in [-0.39, 0.29) is 18.1 Å². The van der Waals surface area contributed by atoms with Gasteiger partial charge < -0.3 is 9.88 Å². The second-order valence-electron chi connectivity index (χ2n) is 6.08. The maximum absolute atomic E-state index is 12.9. The van der Waals surface area contributed by atoms with Crippen molar-refractivity contribution in [1.29, 1.82) is 0 Å². The van der Waals surface area contributed by atoms with Crippen LogP contribution in [0.1, 0.15) is 39.0 Å². The smallest absolute Gasteiger partial charge is 0.226 e. The number of halogens is 2. The summed E-state index contributed by atoms with van der Waals surface area (Å²) in [5.41, 5.74) is 2.63. The second kappa shape index (κ2) is 13.5. The van der Waals surface area contributed by atoms with Crippen LogP contribution in [0, 0.1) is 5.82 Å². The molecule has 1 N–H and O–H groups in total. The van der Waals surface area contributed by atoms with Crippen LogP contribution in [0.5, 0.6) is 0 Å². The maximum Gasteiger partial charge on any atom is 0.226 e. The molecule has 1 amide bonds. The Kier molecular flexibility index (Phi) is 11.5. The molecule has 0 aliphatic carbocycles. The number of nitrogens with one attached hydrogen (secondary N) is 1. The highest BCUT2D eigenvalue weighted by Crippen LogP contribution is 2.20. The van der Waals surface area contributed by atoms with Gasteiger partial charge in [0.15, 0.2) is 0 Å². The first-order chi connectivity index (χ1) is 14.5. The lowest BCUT2D eigenvalue weighted by molar-refractivity contribution is -0.120. The van der Waals surface area contributed by atoms with Gasteiger partial charge in [-0.15, -0.1) is 0 Å². The number of rotatable bonds is 6. The Labute approximate surface area is 184 Å². The molecule has 162 valence electrons. The van der Waals surface area contributed by atoms with Crippen molar-refractivity contribution in [1.82, 2.24) is 14.9 Å². The van der Waals surface area contributed by atoms with Crippen molar-refractivity contribution < 1.29 is 9.18 Å². The van der Waals surface area contributed by atoms with Crippen molar-refractivity contribution in [3.05, 3.63) is 76.8 Å². The van der Waals surface area contributed by atoms with Crippen molar-refractivity contribution in [2.75, 3.05) is 6.54 Å². The Morgan fingerprint density at radius 3 is 2.23 bits per heavy atom. The molecule has 3 aromatic rings. The number of carbonyl (C=O) groups excluding carboxylic acids is 1. The van der Waals surface area contributed by atoms with Gasteiger partial charge in [0.05, 0.1) is 12.1 Å². The Bertz CT molecular complexity index is 890. The molecule has 0 atom stereocenters. The van der Waals surface area contributed by atoms with E-state index in [9.17, 15) is 9.18 Å². The van der Waals surface area contributed by atoms with E-state index in [4.69, 9.17) is 11.6 Å². The van der Waals surface area contributed by atoms with Crippen molar-refractivity contribution >= 4 is 17.5 Å². The lowest BCUT2D eigenvalue weighted by Gasteiger charge is -2.04. The zero-order chi connectivity index (χ0) is 22.5. The molecule has 1 heterocycles. The number of aromatic nitrogens is 2. The maximum atomic E-state index is 12.9. The third kappa shape index (κ3) is 7.99. The third-order valence-corrected chi connectivity index (χ3v) is 4.27. The molecule has 0 unspecified atom stereocenters. The summed E-state index contributed by atoms with van der Waals surface area (Å²) in [6.07, 6.45) is 2.72. The first kappa shape index (κ1) is 25.4. The predicted molar refractivity (Wildman–Crippen MR) is 123 cm³/mol. The Morgan fingerprint density at radius 1 is 1.03 bits per heavy atom. The number of imidazole rings is 1. The topological polar surface area (TPSA) is 46.9 Å². The average molecular weight is 432 g/mol. The van der Waals surface area contributed by atoms with Crippen LogP contribution in [0.15, 0.2) is 54.7 Å². The van der Waals surface area contributed by atoms with Crippen LogP contribution >= 0.6 is 11.6 Å². The number of carbonyl (C=O) groups is 1. The fourth-order valence-electron chi connectivity index (χ4n) is 2.71. The van der Waals surface area contributed by atoms with E-state index in [1.165, 1.54) is 12.1 Å². The molecule has 0 saturated carbocycles. The minimum atomic E-state index is -0.260. The van der Waals surface area contributed by atoms with Gasteiger partial charge in [0, 0.05) is 30.4 Å². The van der Waals surface area contributed by atoms with Crippen LogP contribution < -0.4 is 5.32 Å². The van der Waals surface area contributed by atoms with Crippen LogP contribution in [-0.4, -0.2) is 22.0 Å². The zero-order valence-corrected chi connectivity index (χ0v) is 19.1. The summed E-state index contributed by atoms with van der Waals surface area (Å²) in [6, 6.07) is 13.7. The first-order valence-electron chi connectivity index (χ1n) is 10.3. The van der Waals surface area contributed by atoms with Gasteiger partial charge in [0.2, 0.25) is 5.91 Å². The summed E-state index contributed by atoms with van der Waals surface area (Å²) in [6.45, 7) is 8.50. The van der Waals surface area contributed by atoms with E-state index < -0.39 is 0 Å². The predicted octanol–water partition coefficient (Wildman–Crippen LogP) is 5.83. The van der Waals surface area contributed by atoms with Gasteiger partial charge in [-0.05, 0) is 48.4 Å². The molecule has 0 fully saturated rings. The highest BCUT2D eigenvalue weighted by atomic mass is 35.5. The molecule has 0 aliphatic heterocycles. The Balaban J connectivity index is 0.00000106. The minimum absolute atomic E-state index is 0.0899. The molecule has 30 heavy (non-hydrogen) atoms. The van der Waals surface area contributed by atoms with E-state index in [1.54, 1.807) is 12.1 Å². The highest BCUT2D eigenvalue weighted by Gasteiger charge is 2.11. The summed E-state index contributed by atoms with van der Waals surface area (Å²) in [5.74, 6) is 0.438. The molecular weight excluding hydrogens is 401 g/mol. The fraction of sp³-hybridized carbons (Fsp3) is 0.333. The van der Waals surface area contributed by atoms with Gasteiger partial charge >= 0.3 is 0 Å². The monoisotopic (exact) mass is 431 g/mol. The summed E-state index contributed by atoms with van der Waals surface area (Å²) >= 11 is 5.91. The average Bonchev–Trinajstić information content (AvgIpc) is 3.13. The van der Waals surface area contributed by atoms with E-state index >= 15 is 0 Å². The first-order valence-corrected chi connectivity index (χ1v) is 10.7. The standard InChI is InChI=1S/C20H19ClFN3O.2C2H6/c1-25-13-18(24-20(25)15-4-6-16(21)7-5-15)12-19(26)23-11-10-14-2-8-17(22)9-3-14;2*1-2/h2-9,13H,10-12H2,1H3,(H,23,26);2*1-2H3. The highest BCUT2D eigenvalue weighted by molar-refractivity contribution is 6.30. The molecule has 4 nitrogen and oxygen atoms in total. The Hall–Kier alpha value is -2.66. The second-order valence-corrected chi connectivity index (χ2v) is 6.51. The summed E-state index contributed by atoms with van der Waals surface area (Å²) < 4.78 is 14.8. The fourth-order valence-corrected chi connectivity index (χ4v) is 2.83. The Morgan fingerprint density at radius 2 is 1.63 bits per heavy atom.